The third-order valence-electron chi connectivity index (χ3n) is 4.61. The average molecular weight is 372 g/mol. The number of halogens is 1. The Morgan fingerprint density at radius 2 is 1.54 bits per heavy atom. The van der Waals surface area contributed by atoms with Crippen LogP contribution in [-0.4, -0.2) is 16.2 Å². The summed E-state index contributed by atoms with van der Waals surface area (Å²) in [6.45, 7) is 2.54. The first kappa shape index (κ1) is 18.1. The summed E-state index contributed by atoms with van der Waals surface area (Å²) in [6, 6.07) is 26.5. The smallest absolute Gasteiger partial charge is 0.144 e. The van der Waals surface area contributed by atoms with E-state index in [4.69, 9.17) is 9.72 Å². The van der Waals surface area contributed by atoms with Crippen LogP contribution in [0.5, 0.6) is 0 Å². The van der Waals surface area contributed by atoms with Crippen molar-refractivity contribution in [3.05, 3.63) is 108 Å². The molecule has 0 bridgehead atoms. The predicted octanol–water partition coefficient (Wildman–Crippen LogP) is 5.80. The minimum atomic E-state index is -0.277. The Kier molecular flexibility index (Phi) is 5.31. The van der Waals surface area contributed by atoms with E-state index < -0.39 is 0 Å². The lowest BCUT2D eigenvalue weighted by Crippen LogP contribution is -2.12. The second-order valence-electron chi connectivity index (χ2n) is 6.43. The minimum Gasteiger partial charge on any atom is -0.367 e. The first-order valence-corrected chi connectivity index (χ1v) is 9.33. The van der Waals surface area contributed by atoms with Crippen LogP contribution in [0.1, 0.15) is 24.3 Å². The highest BCUT2D eigenvalue weighted by molar-refractivity contribution is 5.60. The molecule has 0 spiro atoms. The van der Waals surface area contributed by atoms with Crippen molar-refractivity contribution in [3.8, 4) is 17.1 Å². The van der Waals surface area contributed by atoms with Crippen molar-refractivity contribution in [2.75, 3.05) is 6.61 Å². The van der Waals surface area contributed by atoms with Gasteiger partial charge in [-0.25, -0.2) is 9.37 Å². The highest BCUT2D eigenvalue weighted by Crippen LogP contribution is 2.32. The summed E-state index contributed by atoms with van der Waals surface area (Å²) in [5.74, 6) is 0.527. The van der Waals surface area contributed by atoms with Crippen molar-refractivity contribution in [1.29, 1.82) is 0 Å². The van der Waals surface area contributed by atoms with Gasteiger partial charge in [0.05, 0.1) is 11.9 Å². The molecule has 1 atom stereocenters. The standard InChI is InChI=1S/C24H21FN2O/c1-2-28-23(18-9-5-3-6-10-18)22-17-26-24(19-11-7-4-8-12-19)27(22)21-15-13-20(25)14-16-21/h3-17,23H,2H2,1H3. The average Bonchev–Trinajstić information content (AvgIpc) is 3.18. The lowest BCUT2D eigenvalue weighted by molar-refractivity contribution is 0.0873. The first-order valence-electron chi connectivity index (χ1n) is 9.33. The molecule has 1 heterocycles. The minimum absolute atomic E-state index is 0.268. The molecule has 4 rings (SSSR count). The number of hydrogen-bond donors (Lipinski definition) is 0. The van der Waals surface area contributed by atoms with Crippen molar-refractivity contribution in [1.82, 2.24) is 9.55 Å². The van der Waals surface area contributed by atoms with E-state index in [1.54, 1.807) is 12.1 Å². The van der Waals surface area contributed by atoms with Crippen LogP contribution in [0.2, 0.25) is 0 Å². The molecule has 0 aliphatic rings. The van der Waals surface area contributed by atoms with Gasteiger partial charge >= 0.3 is 0 Å². The zero-order chi connectivity index (χ0) is 19.3. The van der Waals surface area contributed by atoms with Gasteiger partial charge in [-0.05, 0) is 36.8 Å². The molecule has 28 heavy (non-hydrogen) atoms. The molecule has 1 unspecified atom stereocenters. The molecule has 4 heteroatoms. The van der Waals surface area contributed by atoms with Crippen molar-refractivity contribution in [3.63, 3.8) is 0 Å². The van der Waals surface area contributed by atoms with Gasteiger partial charge in [-0.2, -0.15) is 0 Å². The molecule has 0 aliphatic heterocycles. The number of aromatic nitrogens is 2. The van der Waals surface area contributed by atoms with E-state index >= 15 is 0 Å². The molecule has 0 radical (unpaired) electrons. The van der Waals surface area contributed by atoms with E-state index in [0.29, 0.717) is 6.61 Å². The van der Waals surface area contributed by atoms with E-state index in [-0.39, 0.29) is 11.9 Å². The van der Waals surface area contributed by atoms with Crippen molar-refractivity contribution >= 4 is 0 Å². The number of rotatable bonds is 6. The number of nitrogens with zero attached hydrogens (tertiary/aromatic N) is 2. The van der Waals surface area contributed by atoms with Gasteiger partial charge in [-0.15, -0.1) is 0 Å². The second kappa shape index (κ2) is 8.19. The fourth-order valence-corrected chi connectivity index (χ4v) is 3.35. The Bertz CT molecular complexity index is 1030. The molecule has 0 amide bonds. The first-order chi connectivity index (χ1) is 13.8. The quantitative estimate of drug-likeness (QED) is 0.427. The van der Waals surface area contributed by atoms with Crippen molar-refractivity contribution < 1.29 is 9.13 Å². The van der Waals surface area contributed by atoms with Crippen molar-refractivity contribution in [2.45, 2.75) is 13.0 Å². The molecular formula is C24H21FN2O. The summed E-state index contributed by atoms with van der Waals surface area (Å²) in [4.78, 5) is 4.70. The van der Waals surface area contributed by atoms with Crippen LogP contribution in [-0.2, 0) is 4.74 Å². The van der Waals surface area contributed by atoms with Gasteiger partial charge in [0.25, 0.3) is 0 Å². The Hall–Kier alpha value is -3.24. The van der Waals surface area contributed by atoms with Gasteiger partial charge in [-0.3, -0.25) is 4.57 Å². The molecule has 3 aromatic carbocycles. The van der Waals surface area contributed by atoms with E-state index in [2.05, 4.69) is 0 Å². The van der Waals surface area contributed by atoms with Gasteiger partial charge in [-0.1, -0.05) is 60.7 Å². The largest absolute Gasteiger partial charge is 0.367 e. The fraction of sp³-hybridized carbons (Fsp3) is 0.125. The second-order valence-corrected chi connectivity index (χ2v) is 6.43. The highest BCUT2D eigenvalue weighted by Gasteiger charge is 2.23. The summed E-state index contributed by atoms with van der Waals surface area (Å²) in [7, 11) is 0. The molecule has 1 aromatic heterocycles. The monoisotopic (exact) mass is 372 g/mol. The SMILES string of the molecule is CCOC(c1ccccc1)c1cnc(-c2ccccc2)n1-c1ccc(F)cc1. The maximum absolute atomic E-state index is 13.5. The zero-order valence-electron chi connectivity index (χ0n) is 15.6. The Morgan fingerprint density at radius 1 is 0.893 bits per heavy atom. The number of ether oxygens (including phenoxy) is 1. The number of hydrogen-bond acceptors (Lipinski definition) is 2. The van der Waals surface area contributed by atoms with Crippen LogP contribution in [0.3, 0.4) is 0 Å². The van der Waals surface area contributed by atoms with E-state index in [1.807, 2.05) is 78.4 Å². The van der Waals surface area contributed by atoms with Crippen LogP contribution >= 0.6 is 0 Å². The van der Waals surface area contributed by atoms with Gasteiger partial charge in [0.1, 0.15) is 17.7 Å². The normalized spacial score (nSPS) is 12.1. The lowest BCUT2D eigenvalue weighted by Gasteiger charge is -2.21. The molecule has 140 valence electrons. The van der Waals surface area contributed by atoms with Gasteiger partial charge in [0.2, 0.25) is 0 Å². The zero-order valence-corrected chi connectivity index (χ0v) is 15.6. The molecule has 0 fully saturated rings. The highest BCUT2D eigenvalue weighted by atomic mass is 19.1. The third kappa shape index (κ3) is 3.59. The number of benzene rings is 3. The van der Waals surface area contributed by atoms with Gasteiger partial charge < -0.3 is 4.74 Å². The molecule has 0 saturated heterocycles. The van der Waals surface area contributed by atoms with Crippen molar-refractivity contribution in [2.24, 2.45) is 0 Å². The molecule has 0 saturated carbocycles. The summed E-state index contributed by atoms with van der Waals surface area (Å²) in [5, 5.41) is 0. The maximum atomic E-state index is 13.5. The van der Waals surface area contributed by atoms with Crippen LogP contribution in [0.4, 0.5) is 4.39 Å². The maximum Gasteiger partial charge on any atom is 0.144 e. The van der Waals surface area contributed by atoms with Crippen LogP contribution < -0.4 is 0 Å². The molecular weight excluding hydrogens is 351 g/mol. The number of imidazole rings is 1. The predicted molar refractivity (Wildman–Crippen MR) is 109 cm³/mol. The Balaban J connectivity index is 1.92. The third-order valence-corrected chi connectivity index (χ3v) is 4.61. The summed E-state index contributed by atoms with van der Waals surface area (Å²) in [5.41, 5.74) is 3.78. The van der Waals surface area contributed by atoms with Crippen LogP contribution in [0.15, 0.2) is 91.1 Å². The van der Waals surface area contributed by atoms with E-state index in [1.165, 1.54) is 12.1 Å². The van der Waals surface area contributed by atoms with E-state index in [0.717, 1.165) is 28.3 Å². The van der Waals surface area contributed by atoms with Crippen LogP contribution in [0.25, 0.3) is 17.1 Å². The summed E-state index contributed by atoms with van der Waals surface area (Å²) < 4.78 is 21.7. The van der Waals surface area contributed by atoms with E-state index in [9.17, 15) is 4.39 Å². The summed E-state index contributed by atoms with van der Waals surface area (Å²) in [6.07, 6.45) is 1.57. The molecule has 3 nitrogen and oxygen atoms in total. The molecule has 0 aliphatic carbocycles. The van der Waals surface area contributed by atoms with Gasteiger partial charge in [0, 0.05) is 17.9 Å². The fourth-order valence-electron chi connectivity index (χ4n) is 3.35. The Morgan fingerprint density at radius 3 is 2.18 bits per heavy atom. The van der Waals surface area contributed by atoms with Gasteiger partial charge in [0.15, 0.2) is 0 Å². The Labute approximate surface area is 164 Å². The summed E-state index contributed by atoms with van der Waals surface area (Å²) >= 11 is 0. The molecule has 4 aromatic rings. The van der Waals surface area contributed by atoms with Crippen LogP contribution in [0, 0.1) is 5.82 Å². The topological polar surface area (TPSA) is 27.1 Å². The lowest BCUT2D eigenvalue weighted by atomic mass is 10.1. The molecule has 0 N–H and O–H groups in total.